The molecule has 0 spiro atoms. The zero-order valence-electron chi connectivity index (χ0n) is 9.30. The minimum Gasteiger partial charge on any atom is -0.396 e. The van der Waals surface area contributed by atoms with Gasteiger partial charge in [0.2, 0.25) is 0 Å². The van der Waals surface area contributed by atoms with Gasteiger partial charge in [0.15, 0.2) is 0 Å². The molecule has 0 aliphatic heterocycles. The van der Waals surface area contributed by atoms with Crippen LogP contribution in [0.1, 0.15) is 23.7 Å². The third-order valence-corrected chi connectivity index (χ3v) is 2.32. The Hall–Kier alpha value is -0.940. The van der Waals surface area contributed by atoms with Crippen molar-refractivity contribution in [3.63, 3.8) is 0 Å². The van der Waals surface area contributed by atoms with E-state index in [0.717, 1.165) is 11.1 Å². The molecule has 4 nitrogen and oxygen atoms in total. The molecule has 0 aromatic heterocycles. The van der Waals surface area contributed by atoms with Crippen molar-refractivity contribution >= 4 is 0 Å². The highest BCUT2D eigenvalue weighted by molar-refractivity contribution is 5.23. The SMILES string of the molecule is NCc1ccc(C(O)COCCCO)cc1. The van der Waals surface area contributed by atoms with E-state index < -0.39 is 6.10 Å². The fourth-order valence-electron chi connectivity index (χ4n) is 1.33. The van der Waals surface area contributed by atoms with Gasteiger partial charge in [-0.25, -0.2) is 0 Å². The largest absolute Gasteiger partial charge is 0.396 e. The van der Waals surface area contributed by atoms with Crippen molar-refractivity contribution in [3.8, 4) is 0 Å². The summed E-state index contributed by atoms with van der Waals surface area (Å²) >= 11 is 0. The molecule has 0 aliphatic rings. The molecule has 1 rings (SSSR count). The highest BCUT2D eigenvalue weighted by Crippen LogP contribution is 2.14. The van der Waals surface area contributed by atoms with E-state index in [4.69, 9.17) is 15.6 Å². The maximum absolute atomic E-state index is 9.76. The average molecular weight is 225 g/mol. The Bertz CT molecular complexity index is 287. The van der Waals surface area contributed by atoms with Crippen LogP contribution in [0, 0.1) is 0 Å². The molecule has 0 saturated heterocycles. The third kappa shape index (κ3) is 4.28. The number of hydrogen-bond acceptors (Lipinski definition) is 4. The van der Waals surface area contributed by atoms with Gasteiger partial charge in [0.1, 0.15) is 6.10 Å². The van der Waals surface area contributed by atoms with E-state index in [-0.39, 0.29) is 13.2 Å². The number of nitrogens with two attached hydrogens (primary N) is 1. The first-order valence-corrected chi connectivity index (χ1v) is 5.43. The lowest BCUT2D eigenvalue weighted by Gasteiger charge is -2.11. The molecule has 1 aromatic rings. The van der Waals surface area contributed by atoms with E-state index in [1.807, 2.05) is 24.3 Å². The Morgan fingerprint density at radius 2 is 1.94 bits per heavy atom. The van der Waals surface area contributed by atoms with Gasteiger partial charge in [-0.2, -0.15) is 0 Å². The summed E-state index contributed by atoms with van der Waals surface area (Å²) in [6.07, 6.45) is -0.0238. The average Bonchev–Trinajstić information content (AvgIpc) is 2.34. The van der Waals surface area contributed by atoms with E-state index in [2.05, 4.69) is 0 Å². The van der Waals surface area contributed by atoms with E-state index in [1.165, 1.54) is 0 Å². The van der Waals surface area contributed by atoms with Crippen molar-refractivity contribution in [2.24, 2.45) is 5.73 Å². The van der Waals surface area contributed by atoms with Gasteiger partial charge >= 0.3 is 0 Å². The molecular formula is C12H19NO3. The van der Waals surface area contributed by atoms with Crippen molar-refractivity contribution in [1.82, 2.24) is 0 Å². The summed E-state index contributed by atoms with van der Waals surface area (Å²) in [6, 6.07) is 7.49. The van der Waals surface area contributed by atoms with Crippen LogP contribution in [0.5, 0.6) is 0 Å². The van der Waals surface area contributed by atoms with Gasteiger partial charge in [-0.3, -0.25) is 0 Å². The normalized spacial score (nSPS) is 12.7. The van der Waals surface area contributed by atoms with Crippen molar-refractivity contribution in [2.45, 2.75) is 19.1 Å². The first-order chi connectivity index (χ1) is 7.77. The lowest BCUT2D eigenvalue weighted by Crippen LogP contribution is -2.09. The van der Waals surface area contributed by atoms with E-state index in [1.54, 1.807) is 0 Å². The molecule has 90 valence electrons. The zero-order chi connectivity index (χ0) is 11.8. The van der Waals surface area contributed by atoms with E-state index >= 15 is 0 Å². The first-order valence-electron chi connectivity index (χ1n) is 5.43. The predicted octanol–water partition coefficient (Wildman–Crippen LogP) is 0.578. The summed E-state index contributed by atoms with van der Waals surface area (Å²) in [4.78, 5) is 0. The van der Waals surface area contributed by atoms with Crippen molar-refractivity contribution in [3.05, 3.63) is 35.4 Å². The van der Waals surface area contributed by atoms with Gasteiger partial charge in [0.05, 0.1) is 6.61 Å². The van der Waals surface area contributed by atoms with Crippen LogP contribution < -0.4 is 5.73 Å². The summed E-state index contributed by atoms with van der Waals surface area (Å²) in [5.74, 6) is 0. The zero-order valence-corrected chi connectivity index (χ0v) is 9.30. The predicted molar refractivity (Wildman–Crippen MR) is 61.8 cm³/mol. The molecule has 4 heteroatoms. The lowest BCUT2D eigenvalue weighted by molar-refractivity contribution is 0.0305. The fourth-order valence-corrected chi connectivity index (χ4v) is 1.33. The molecule has 0 bridgehead atoms. The minimum absolute atomic E-state index is 0.112. The van der Waals surface area contributed by atoms with Crippen LogP contribution in [0.4, 0.5) is 0 Å². The molecule has 0 saturated carbocycles. The van der Waals surface area contributed by atoms with Crippen LogP contribution in [-0.4, -0.2) is 30.0 Å². The summed E-state index contributed by atoms with van der Waals surface area (Å²) in [6.45, 7) is 1.33. The quantitative estimate of drug-likeness (QED) is 0.593. The molecule has 0 radical (unpaired) electrons. The molecule has 16 heavy (non-hydrogen) atoms. The van der Waals surface area contributed by atoms with E-state index in [9.17, 15) is 5.11 Å². The van der Waals surface area contributed by atoms with Crippen molar-refractivity contribution < 1.29 is 14.9 Å². The van der Waals surface area contributed by atoms with Gasteiger partial charge in [0, 0.05) is 19.8 Å². The maximum atomic E-state index is 9.76. The lowest BCUT2D eigenvalue weighted by atomic mass is 10.1. The number of aliphatic hydroxyl groups is 2. The Morgan fingerprint density at radius 1 is 1.25 bits per heavy atom. The second-order valence-corrected chi connectivity index (χ2v) is 3.61. The number of rotatable bonds is 7. The Balaban J connectivity index is 2.37. The number of benzene rings is 1. The Kier molecular flexibility index (Phi) is 6.03. The number of hydrogen-bond donors (Lipinski definition) is 3. The Labute approximate surface area is 95.7 Å². The monoisotopic (exact) mass is 225 g/mol. The third-order valence-electron chi connectivity index (χ3n) is 2.32. The molecule has 0 heterocycles. The molecule has 4 N–H and O–H groups in total. The van der Waals surface area contributed by atoms with Crippen LogP contribution >= 0.6 is 0 Å². The first kappa shape index (κ1) is 13.1. The number of ether oxygens (including phenoxy) is 1. The van der Waals surface area contributed by atoms with Crippen molar-refractivity contribution in [1.29, 1.82) is 0 Å². The summed E-state index contributed by atoms with van der Waals surface area (Å²) in [7, 11) is 0. The molecule has 0 fully saturated rings. The highest BCUT2D eigenvalue weighted by atomic mass is 16.5. The van der Waals surface area contributed by atoms with Crippen LogP contribution in [0.25, 0.3) is 0 Å². The topological polar surface area (TPSA) is 75.7 Å². The molecule has 1 aromatic carbocycles. The Morgan fingerprint density at radius 3 is 2.50 bits per heavy atom. The van der Waals surface area contributed by atoms with Gasteiger partial charge in [-0.05, 0) is 17.5 Å². The summed E-state index contributed by atoms with van der Waals surface area (Å²) < 4.78 is 5.21. The summed E-state index contributed by atoms with van der Waals surface area (Å²) in [5.41, 5.74) is 7.34. The molecule has 0 amide bonds. The molecular weight excluding hydrogens is 206 g/mol. The van der Waals surface area contributed by atoms with Crippen molar-refractivity contribution in [2.75, 3.05) is 19.8 Å². The minimum atomic E-state index is -0.620. The van der Waals surface area contributed by atoms with Crippen LogP contribution in [0.3, 0.4) is 0 Å². The maximum Gasteiger partial charge on any atom is 0.102 e. The smallest absolute Gasteiger partial charge is 0.102 e. The van der Waals surface area contributed by atoms with Crippen LogP contribution in [-0.2, 0) is 11.3 Å². The van der Waals surface area contributed by atoms with Gasteiger partial charge in [0.25, 0.3) is 0 Å². The van der Waals surface area contributed by atoms with Crippen LogP contribution in [0.15, 0.2) is 24.3 Å². The number of aliphatic hydroxyl groups excluding tert-OH is 2. The second kappa shape index (κ2) is 7.35. The standard InChI is InChI=1S/C12H19NO3/c13-8-10-2-4-11(5-3-10)12(15)9-16-7-1-6-14/h2-5,12,14-15H,1,6-9,13H2. The van der Waals surface area contributed by atoms with E-state index in [0.29, 0.717) is 19.6 Å². The second-order valence-electron chi connectivity index (χ2n) is 3.61. The highest BCUT2D eigenvalue weighted by Gasteiger charge is 2.06. The van der Waals surface area contributed by atoms with Gasteiger partial charge in [-0.1, -0.05) is 24.3 Å². The molecule has 1 atom stereocenters. The molecule has 0 aliphatic carbocycles. The summed E-state index contributed by atoms with van der Waals surface area (Å²) in [5, 5.41) is 18.3. The van der Waals surface area contributed by atoms with Gasteiger partial charge < -0.3 is 20.7 Å². The van der Waals surface area contributed by atoms with Gasteiger partial charge in [-0.15, -0.1) is 0 Å². The molecule has 1 unspecified atom stereocenters. The van der Waals surface area contributed by atoms with Crippen LogP contribution in [0.2, 0.25) is 0 Å². The fraction of sp³-hybridized carbons (Fsp3) is 0.500.